The normalized spacial score (nSPS) is 11.4. The number of halogens is 1. The zero-order valence-electron chi connectivity index (χ0n) is 17.0. The van der Waals surface area contributed by atoms with Gasteiger partial charge in [0.15, 0.2) is 0 Å². The minimum atomic E-state index is -4.06. The Hall–Kier alpha value is -2.65. The van der Waals surface area contributed by atoms with Crippen LogP contribution in [0.1, 0.15) is 11.1 Å². The van der Waals surface area contributed by atoms with E-state index in [0.717, 1.165) is 25.8 Å². The van der Waals surface area contributed by atoms with Crippen molar-refractivity contribution in [3.8, 4) is 5.75 Å². The summed E-state index contributed by atoms with van der Waals surface area (Å²) < 4.78 is 46.6. The highest BCUT2D eigenvalue weighted by atomic mass is 32.2. The fraction of sp³-hybridized carbons (Fsp3) is 0.350. The molecule has 0 atom stereocenters. The lowest BCUT2D eigenvalue weighted by atomic mass is 10.1. The number of anilines is 1. The lowest BCUT2D eigenvalue weighted by Crippen LogP contribution is -2.46. The first-order valence-electron chi connectivity index (χ1n) is 9.04. The van der Waals surface area contributed by atoms with Gasteiger partial charge >= 0.3 is 10.2 Å². The maximum atomic E-state index is 14.2. The minimum Gasteiger partial charge on any atom is -0.491 e. The van der Waals surface area contributed by atoms with Crippen molar-refractivity contribution in [2.24, 2.45) is 0 Å². The first kappa shape index (κ1) is 22.6. The van der Waals surface area contributed by atoms with Crippen LogP contribution in [0.5, 0.6) is 5.75 Å². The van der Waals surface area contributed by atoms with Crippen LogP contribution in [0.4, 0.5) is 10.1 Å². The number of aryl methyl sites for hydroxylation is 2. The third-order valence-corrected chi connectivity index (χ3v) is 5.97. The number of hydrogen-bond donors (Lipinski definition) is 1. The molecule has 29 heavy (non-hydrogen) atoms. The van der Waals surface area contributed by atoms with Crippen molar-refractivity contribution in [1.82, 2.24) is 9.62 Å². The Kier molecular flexibility index (Phi) is 7.58. The second kappa shape index (κ2) is 9.71. The fourth-order valence-corrected chi connectivity index (χ4v) is 3.71. The van der Waals surface area contributed by atoms with Gasteiger partial charge in [0, 0.05) is 14.1 Å². The zero-order valence-corrected chi connectivity index (χ0v) is 17.8. The number of nitrogens with one attached hydrogen (secondary N) is 1. The molecule has 158 valence electrons. The quantitative estimate of drug-likeness (QED) is 0.628. The molecule has 0 saturated carbocycles. The van der Waals surface area contributed by atoms with E-state index in [2.05, 4.69) is 5.32 Å². The van der Waals surface area contributed by atoms with E-state index in [1.165, 1.54) is 32.3 Å². The largest absolute Gasteiger partial charge is 0.491 e. The summed E-state index contributed by atoms with van der Waals surface area (Å²) in [5.41, 5.74) is 1.92. The minimum absolute atomic E-state index is 0.180. The molecule has 0 saturated heterocycles. The molecule has 0 unspecified atom stereocenters. The van der Waals surface area contributed by atoms with Crippen LogP contribution in [-0.2, 0) is 15.0 Å². The Morgan fingerprint density at radius 3 is 2.45 bits per heavy atom. The molecule has 0 spiro atoms. The van der Waals surface area contributed by atoms with Crippen LogP contribution in [0.15, 0.2) is 42.5 Å². The lowest BCUT2D eigenvalue weighted by Gasteiger charge is -2.27. The summed E-state index contributed by atoms with van der Waals surface area (Å²) in [6.07, 6.45) is 0. The average Bonchev–Trinajstić information content (AvgIpc) is 2.65. The summed E-state index contributed by atoms with van der Waals surface area (Å²) in [7, 11) is -1.42. The molecule has 9 heteroatoms. The van der Waals surface area contributed by atoms with Gasteiger partial charge in [-0.1, -0.05) is 29.8 Å². The summed E-state index contributed by atoms with van der Waals surface area (Å²) in [5, 5.41) is 2.60. The van der Waals surface area contributed by atoms with Crippen molar-refractivity contribution < 1.29 is 22.3 Å². The Morgan fingerprint density at radius 1 is 1.14 bits per heavy atom. The number of hydrogen-bond acceptors (Lipinski definition) is 4. The molecule has 1 N–H and O–H groups in total. The molecule has 7 nitrogen and oxygen atoms in total. The van der Waals surface area contributed by atoms with Gasteiger partial charge in [-0.15, -0.1) is 0 Å². The van der Waals surface area contributed by atoms with E-state index < -0.39 is 28.5 Å². The first-order chi connectivity index (χ1) is 13.6. The predicted octanol–water partition coefficient (Wildman–Crippen LogP) is 2.25. The van der Waals surface area contributed by atoms with E-state index in [9.17, 15) is 17.6 Å². The van der Waals surface area contributed by atoms with Crippen molar-refractivity contribution in [1.29, 1.82) is 0 Å². The molecule has 2 aromatic rings. The van der Waals surface area contributed by atoms with Crippen LogP contribution in [0.2, 0.25) is 0 Å². The topological polar surface area (TPSA) is 79.0 Å². The van der Waals surface area contributed by atoms with E-state index in [-0.39, 0.29) is 18.8 Å². The number of amides is 1. The summed E-state index contributed by atoms with van der Waals surface area (Å²) in [6.45, 7) is 3.76. The van der Waals surface area contributed by atoms with Crippen LogP contribution < -0.4 is 14.4 Å². The van der Waals surface area contributed by atoms with Crippen molar-refractivity contribution in [3.05, 3.63) is 59.4 Å². The molecule has 1 amide bonds. The van der Waals surface area contributed by atoms with Gasteiger partial charge < -0.3 is 10.1 Å². The molecule has 0 aliphatic carbocycles. The smallest absolute Gasteiger partial charge is 0.304 e. The van der Waals surface area contributed by atoms with Gasteiger partial charge in [-0.05, 0) is 37.6 Å². The first-order valence-corrected chi connectivity index (χ1v) is 10.4. The predicted molar refractivity (Wildman–Crippen MR) is 111 cm³/mol. The number of carbonyl (C=O) groups is 1. The number of rotatable bonds is 9. The molecule has 2 rings (SSSR count). The van der Waals surface area contributed by atoms with Crippen molar-refractivity contribution in [2.45, 2.75) is 13.8 Å². The summed E-state index contributed by atoms with van der Waals surface area (Å²) >= 11 is 0. The molecule has 0 heterocycles. The van der Waals surface area contributed by atoms with Gasteiger partial charge in [-0.2, -0.15) is 12.7 Å². The monoisotopic (exact) mass is 423 g/mol. The molecular formula is C20H26FN3O4S. The number of ether oxygens (including phenoxy) is 1. The van der Waals surface area contributed by atoms with Crippen LogP contribution in [-0.4, -0.2) is 52.4 Å². The van der Waals surface area contributed by atoms with E-state index >= 15 is 0 Å². The van der Waals surface area contributed by atoms with E-state index in [1.807, 2.05) is 32.0 Å². The maximum absolute atomic E-state index is 14.2. The number of nitrogens with zero attached hydrogens (tertiary/aromatic N) is 2. The Morgan fingerprint density at radius 2 is 1.83 bits per heavy atom. The third kappa shape index (κ3) is 5.91. The third-order valence-electron chi connectivity index (χ3n) is 4.16. The van der Waals surface area contributed by atoms with Crippen molar-refractivity contribution in [2.75, 3.05) is 38.1 Å². The van der Waals surface area contributed by atoms with Crippen molar-refractivity contribution >= 4 is 21.8 Å². The fourth-order valence-electron chi connectivity index (χ4n) is 2.64. The average molecular weight is 424 g/mol. The SMILES string of the molecule is Cc1ccc(OCCNC(=O)CN(c2ccccc2F)S(=O)(=O)N(C)C)c(C)c1. The summed E-state index contributed by atoms with van der Waals surface area (Å²) in [6, 6.07) is 11.2. The molecule has 2 aromatic carbocycles. The van der Waals surface area contributed by atoms with Gasteiger partial charge in [-0.25, -0.2) is 8.70 Å². The van der Waals surface area contributed by atoms with Gasteiger partial charge in [0.25, 0.3) is 0 Å². The van der Waals surface area contributed by atoms with Gasteiger partial charge in [0.05, 0.1) is 12.2 Å². The Labute approximate surface area is 171 Å². The van der Waals surface area contributed by atoms with Gasteiger partial charge in [0.2, 0.25) is 5.91 Å². The lowest BCUT2D eigenvalue weighted by molar-refractivity contribution is -0.119. The standard InChI is InChI=1S/C20H26FN3O4S/c1-15-9-10-19(16(2)13-15)28-12-11-22-20(25)14-24(29(26,27)23(3)4)18-8-6-5-7-17(18)21/h5-10,13H,11-12,14H2,1-4H3,(H,22,25). The molecule has 0 aromatic heterocycles. The highest BCUT2D eigenvalue weighted by molar-refractivity contribution is 7.90. The second-order valence-corrected chi connectivity index (χ2v) is 8.78. The molecule has 0 fully saturated rings. The van der Waals surface area contributed by atoms with Crippen LogP contribution in [0, 0.1) is 19.7 Å². The van der Waals surface area contributed by atoms with E-state index in [4.69, 9.17) is 4.74 Å². The van der Waals surface area contributed by atoms with Crippen LogP contribution in [0.25, 0.3) is 0 Å². The van der Waals surface area contributed by atoms with E-state index in [1.54, 1.807) is 0 Å². The van der Waals surface area contributed by atoms with Crippen LogP contribution >= 0.6 is 0 Å². The molecular weight excluding hydrogens is 397 g/mol. The molecule has 0 aliphatic heterocycles. The van der Waals surface area contributed by atoms with Crippen molar-refractivity contribution in [3.63, 3.8) is 0 Å². The number of benzene rings is 2. The number of para-hydroxylation sites is 1. The van der Waals surface area contributed by atoms with E-state index in [0.29, 0.717) is 5.75 Å². The maximum Gasteiger partial charge on any atom is 0.304 e. The van der Waals surface area contributed by atoms with Crippen LogP contribution in [0.3, 0.4) is 0 Å². The zero-order chi connectivity index (χ0) is 21.6. The molecule has 0 bridgehead atoms. The molecule has 0 radical (unpaired) electrons. The second-order valence-electron chi connectivity index (χ2n) is 6.72. The summed E-state index contributed by atoms with van der Waals surface area (Å²) in [5.74, 6) is -0.583. The van der Waals surface area contributed by atoms with Gasteiger partial charge in [0.1, 0.15) is 24.7 Å². The number of carbonyl (C=O) groups excluding carboxylic acids is 1. The molecule has 0 aliphatic rings. The Balaban J connectivity index is 2.00. The highest BCUT2D eigenvalue weighted by Gasteiger charge is 2.29. The summed E-state index contributed by atoms with van der Waals surface area (Å²) in [4.78, 5) is 12.3. The van der Waals surface area contributed by atoms with Gasteiger partial charge in [-0.3, -0.25) is 4.79 Å². The Bertz CT molecular complexity index is 964. The highest BCUT2D eigenvalue weighted by Crippen LogP contribution is 2.22.